The maximum atomic E-state index is 13.0. The molecule has 0 unspecified atom stereocenters. The summed E-state index contributed by atoms with van der Waals surface area (Å²) in [5, 5.41) is 44.9. The van der Waals surface area contributed by atoms with Gasteiger partial charge in [0, 0.05) is 40.4 Å². The highest BCUT2D eigenvalue weighted by atomic mass is 35.5. The van der Waals surface area contributed by atoms with Crippen molar-refractivity contribution in [2.45, 2.75) is 116 Å². The van der Waals surface area contributed by atoms with Crippen molar-refractivity contribution in [2.24, 2.45) is 0 Å². The number of nitrogens with zero attached hydrogens (tertiary/aromatic N) is 10. The Morgan fingerprint density at radius 1 is 0.721 bits per heavy atom. The third-order valence-electron chi connectivity index (χ3n) is 10.6. The number of rotatable bonds is 18. The van der Waals surface area contributed by atoms with E-state index in [1.54, 1.807) is 41.5 Å². The number of phosphoric ester groups is 2. The SMILES string of the molecule is CCc1c(Cl)nc(C(=O)N[C@@H]2CCN(c3nnc(C(C)(C)O)s3)C[C@@H]2OC)n1COP(=O)(O)O.CCc1nc(C(=O)N[C@@H]2CCN(c3nnc(C(C)(C)O)s3)C[C@@H]2OC)n(COP(=O)(O)O)c1Cl. The Hall–Kier alpha value is -3.28. The first-order valence-electron chi connectivity index (χ1n) is 20.9. The zero-order chi connectivity index (χ0) is 50.5. The third kappa shape index (κ3) is 14.4. The van der Waals surface area contributed by atoms with Crippen molar-refractivity contribution in [3.63, 3.8) is 0 Å². The van der Waals surface area contributed by atoms with Crippen molar-refractivity contribution in [1.82, 2.24) is 50.1 Å². The summed E-state index contributed by atoms with van der Waals surface area (Å²) in [6.07, 6.45) is 1.06. The first-order chi connectivity index (χ1) is 31.7. The summed E-state index contributed by atoms with van der Waals surface area (Å²) in [6, 6.07) is -0.737. The van der Waals surface area contributed by atoms with Crippen LogP contribution in [-0.4, -0.2) is 146 Å². The average molecular weight is 1080 g/mol. The molecule has 0 saturated carbocycles. The highest BCUT2D eigenvalue weighted by Crippen LogP contribution is 2.38. The number of methoxy groups -OCH3 is 2. The van der Waals surface area contributed by atoms with Crippen molar-refractivity contribution >= 4 is 83.6 Å². The lowest BCUT2D eigenvalue weighted by molar-refractivity contribution is 0.0532. The van der Waals surface area contributed by atoms with Crippen LogP contribution >= 0.6 is 61.5 Å². The number of piperidine rings is 2. The third-order valence-corrected chi connectivity index (χ3v) is 14.8. The number of nitrogens with one attached hydrogen (secondary N) is 2. The molecule has 6 rings (SSSR count). The average Bonchev–Trinajstić information content (AvgIpc) is 4.07. The summed E-state index contributed by atoms with van der Waals surface area (Å²) in [4.78, 5) is 74.5. The molecule has 26 nitrogen and oxygen atoms in total. The van der Waals surface area contributed by atoms with E-state index < -0.39 is 52.1 Å². The van der Waals surface area contributed by atoms with Crippen molar-refractivity contribution in [2.75, 3.05) is 50.2 Å². The van der Waals surface area contributed by atoms with E-state index in [2.05, 4.69) is 50.0 Å². The zero-order valence-corrected chi connectivity index (χ0v) is 43.2. The van der Waals surface area contributed by atoms with E-state index in [-0.39, 0.29) is 46.2 Å². The number of hydrogen-bond acceptors (Lipinski definition) is 20. The fraction of sp³-hybridized carbons (Fsp3) is 0.667. The Bertz CT molecular complexity index is 2380. The van der Waals surface area contributed by atoms with Crippen LogP contribution in [0.15, 0.2) is 0 Å². The molecule has 0 spiro atoms. The number of imidazole rings is 2. The van der Waals surface area contributed by atoms with Gasteiger partial charge in [-0.25, -0.2) is 19.1 Å². The van der Waals surface area contributed by atoms with E-state index in [4.69, 9.17) is 52.2 Å². The van der Waals surface area contributed by atoms with E-state index >= 15 is 0 Å². The van der Waals surface area contributed by atoms with Gasteiger partial charge in [0.2, 0.25) is 21.9 Å². The van der Waals surface area contributed by atoms with Crippen LogP contribution in [0.4, 0.5) is 10.3 Å². The Kier molecular flexibility index (Phi) is 18.7. The van der Waals surface area contributed by atoms with E-state index in [0.29, 0.717) is 83.5 Å². The van der Waals surface area contributed by atoms with Gasteiger partial charge < -0.3 is 59.7 Å². The van der Waals surface area contributed by atoms with Gasteiger partial charge in [-0.15, -0.1) is 20.4 Å². The molecular weight excluding hydrogens is 1020 g/mol. The summed E-state index contributed by atoms with van der Waals surface area (Å²) in [5.74, 6) is -1.38. The van der Waals surface area contributed by atoms with Crippen LogP contribution in [0.3, 0.4) is 0 Å². The molecule has 8 N–H and O–H groups in total. The zero-order valence-electron chi connectivity index (χ0n) is 38.3. The lowest BCUT2D eigenvalue weighted by Gasteiger charge is -2.37. The van der Waals surface area contributed by atoms with Crippen molar-refractivity contribution in [3.8, 4) is 0 Å². The van der Waals surface area contributed by atoms with Gasteiger partial charge in [-0.05, 0) is 53.4 Å². The van der Waals surface area contributed by atoms with Crippen LogP contribution < -0.4 is 20.4 Å². The molecule has 6 heterocycles. The molecule has 2 aliphatic rings. The Balaban J connectivity index is 0.000000254. The van der Waals surface area contributed by atoms with Crippen molar-refractivity contribution in [1.29, 1.82) is 0 Å². The molecule has 68 heavy (non-hydrogen) atoms. The topological polar surface area (TPSA) is 344 Å². The number of ether oxygens (including phenoxy) is 2. The number of carbonyl (C=O) groups is 2. The minimum atomic E-state index is -4.79. The van der Waals surface area contributed by atoms with Gasteiger partial charge in [0.15, 0.2) is 5.15 Å². The van der Waals surface area contributed by atoms with Gasteiger partial charge in [0.05, 0.1) is 35.7 Å². The molecule has 0 radical (unpaired) electrons. The van der Waals surface area contributed by atoms with Crippen LogP contribution in [0.2, 0.25) is 10.3 Å². The lowest BCUT2D eigenvalue weighted by atomic mass is 10.0. The normalized spacial score (nSPS) is 19.5. The number of carbonyl (C=O) groups excluding carboxylic acids is 2. The van der Waals surface area contributed by atoms with E-state index in [1.807, 2.05) is 9.80 Å². The number of amides is 2. The molecule has 2 amide bonds. The molecule has 2 saturated heterocycles. The van der Waals surface area contributed by atoms with Gasteiger partial charge in [-0.1, -0.05) is 59.7 Å². The van der Waals surface area contributed by atoms with Gasteiger partial charge in [0.25, 0.3) is 11.8 Å². The number of aromatic nitrogens is 8. The summed E-state index contributed by atoms with van der Waals surface area (Å²) in [6.45, 7) is 10.9. The maximum absolute atomic E-state index is 13.0. The fourth-order valence-corrected chi connectivity index (χ4v) is 9.92. The van der Waals surface area contributed by atoms with Crippen molar-refractivity contribution < 1.29 is 67.0 Å². The molecule has 4 aromatic heterocycles. The first-order valence-corrected chi connectivity index (χ1v) is 26.3. The van der Waals surface area contributed by atoms with Gasteiger partial charge in [-0.2, -0.15) is 0 Å². The number of aryl methyl sites for hydroxylation is 1. The summed E-state index contributed by atoms with van der Waals surface area (Å²) >= 11 is 15.0. The molecular formula is C36H56Cl2N12O14P2S2. The monoisotopic (exact) mass is 1080 g/mol. The minimum absolute atomic E-state index is 0.0546. The number of anilines is 2. The molecule has 32 heteroatoms. The molecule has 4 aromatic rings. The second-order valence-electron chi connectivity index (χ2n) is 16.5. The molecule has 2 aliphatic heterocycles. The Morgan fingerprint density at radius 3 is 1.51 bits per heavy atom. The highest BCUT2D eigenvalue weighted by Gasteiger charge is 2.37. The first kappa shape index (κ1) is 55.6. The second-order valence-corrected chi connectivity index (χ2v) is 21.6. The number of halogens is 2. The van der Waals surface area contributed by atoms with Gasteiger partial charge >= 0.3 is 15.6 Å². The van der Waals surface area contributed by atoms with Crippen LogP contribution in [-0.2, 0) is 65.2 Å². The van der Waals surface area contributed by atoms with E-state index in [0.717, 1.165) is 4.57 Å². The number of aliphatic hydroxyl groups is 2. The summed E-state index contributed by atoms with van der Waals surface area (Å²) in [7, 11) is -6.48. The molecule has 0 aromatic carbocycles. The van der Waals surface area contributed by atoms with Gasteiger partial charge in [0.1, 0.15) is 39.8 Å². The van der Waals surface area contributed by atoms with Crippen LogP contribution in [0.5, 0.6) is 0 Å². The predicted molar refractivity (Wildman–Crippen MR) is 248 cm³/mol. The summed E-state index contributed by atoms with van der Waals surface area (Å²) in [5.41, 5.74) is -1.37. The Labute approximate surface area is 408 Å². The quantitative estimate of drug-likeness (QED) is 0.0664. The molecule has 2 fully saturated rings. The minimum Gasteiger partial charge on any atom is -0.383 e. The smallest absolute Gasteiger partial charge is 0.383 e. The fourth-order valence-electron chi connectivity index (χ4n) is 7.01. The molecule has 0 aliphatic carbocycles. The largest absolute Gasteiger partial charge is 0.471 e. The molecule has 0 bridgehead atoms. The second kappa shape index (κ2) is 22.9. The lowest BCUT2D eigenvalue weighted by Crippen LogP contribution is -2.55. The maximum Gasteiger partial charge on any atom is 0.471 e. The van der Waals surface area contributed by atoms with E-state index in [1.165, 1.54) is 41.5 Å². The Morgan fingerprint density at radius 2 is 1.15 bits per heavy atom. The van der Waals surface area contributed by atoms with Crippen LogP contribution in [0, 0.1) is 0 Å². The predicted octanol–water partition coefficient (Wildman–Crippen LogP) is 2.54. The van der Waals surface area contributed by atoms with Gasteiger partial charge in [-0.3, -0.25) is 27.8 Å². The standard InChI is InChI=1S/2C18H28ClN6O7PS/c1-5-11-13(19)21-14(25(11)9-32-33(28,29)30)15(26)20-10-6-7-24(8-12(10)31-4)17-23-22-16(34-17)18(2,3)27;1-5-10-13(19)25(9-32-33(28,29)30)14(20-10)15(26)21-11-6-7-24(8-12(11)31-4)17-23-22-16(34-17)18(2,3)27/h10,12,27H,5-9H2,1-4H3,(H,20,26)(H2,28,29,30);11-12,27H,5-9H2,1-4H3,(H,21,26)(H2,28,29,30)/t10-,12+;11-,12+/m11/s1. The molecule has 380 valence electrons. The number of phosphoric acid groups is 2. The molecule has 4 atom stereocenters. The van der Waals surface area contributed by atoms with E-state index in [9.17, 15) is 28.9 Å². The summed E-state index contributed by atoms with van der Waals surface area (Å²) < 4.78 is 45.0. The van der Waals surface area contributed by atoms with Crippen LogP contribution in [0.25, 0.3) is 0 Å². The van der Waals surface area contributed by atoms with Crippen LogP contribution in [0.1, 0.15) is 97.0 Å². The number of hydrogen-bond donors (Lipinski definition) is 8. The van der Waals surface area contributed by atoms with Crippen molar-refractivity contribution in [3.05, 3.63) is 43.4 Å². The highest BCUT2D eigenvalue weighted by molar-refractivity contribution is 7.46.